The number of nitrogens with one attached hydrogen (secondary N) is 1. The van der Waals surface area contributed by atoms with Crippen molar-refractivity contribution in [2.75, 3.05) is 25.5 Å². The first kappa shape index (κ1) is 25.1. The van der Waals surface area contributed by atoms with Crippen molar-refractivity contribution in [2.24, 2.45) is 10.9 Å². The number of carbonyl (C=O) groups is 1. The number of carbonyl (C=O) groups excluding carboxylic acids is 1. The molecule has 6 nitrogen and oxygen atoms in total. The fourth-order valence-electron chi connectivity index (χ4n) is 3.56. The summed E-state index contributed by atoms with van der Waals surface area (Å²) in [5.41, 5.74) is 1.26. The van der Waals surface area contributed by atoms with Crippen LogP contribution in [-0.4, -0.2) is 47.6 Å². The summed E-state index contributed by atoms with van der Waals surface area (Å²) in [5, 5.41) is 3.93. The minimum atomic E-state index is -0.330. The number of hydrogen-bond donors (Lipinski definition) is 1. The fourth-order valence-corrected chi connectivity index (χ4v) is 4.46. The molecule has 3 rings (SSSR count). The number of likely N-dealkylation sites (tertiary alicyclic amines) is 1. The summed E-state index contributed by atoms with van der Waals surface area (Å²) in [7, 11) is 1.71. The van der Waals surface area contributed by atoms with Crippen molar-refractivity contribution in [3.63, 3.8) is 0 Å². The third kappa shape index (κ3) is 6.42. The summed E-state index contributed by atoms with van der Waals surface area (Å²) in [6.07, 6.45) is 4.40. The first-order valence-electron chi connectivity index (χ1n) is 11.5. The van der Waals surface area contributed by atoms with Crippen LogP contribution in [0.4, 0.5) is 5.13 Å². The molecule has 1 atom stereocenters. The Morgan fingerprint density at radius 3 is 2.61 bits per heavy atom. The van der Waals surface area contributed by atoms with E-state index in [0.29, 0.717) is 17.1 Å². The lowest BCUT2D eigenvalue weighted by Gasteiger charge is -2.32. The smallest absolute Gasteiger partial charge is 0.291 e. The van der Waals surface area contributed by atoms with Crippen molar-refractivity contribution in [3.05, 3.63) is 23.8 Å². The second-order valence-electron chi connectivity index (χ2n) is 8.25. The van der Waals surface area contributed by atoms with Gasteiger partial charge >= 0.3 is 0 Å². The van der Waals surface area contributed by atoms with E-state index in [4.69, 9.17) is 4.74 Å². The molecule has 1 fully saturated rings. The van der Waals surface area contributed by atoms with Gasteiger partial charge in [-0.05, 0) is 57.2 Å². The monoisotopic (exact) mass is 446 g/mol. The number of thiazole rings is 1. The Morgan fingerprint density at radius 2 is 2.00 bits per heavy atom. The van der Waals surface area contributed by atoms with Gasteiger partial charge in [0.05, 0.1) is 10.2 Å². The van der Waals surface area contributed by atoms with Crippen LogP contribution in [0.15, 0.2) is 23.2 Å². The van der Waals surface area contributed by atoms with E-state index >= 15 is 0 Å². The highest BCUT2D eigenvalue weighted by Crippen LogP contribution is 2.29. The van der Waals surface area contributed by atoms with Gasteiger partial charge in [0.25, 0.3) is 11.9 Å². The van der Waals surface area contributed by atoms with Crippen LogP contribution in [0, 0.1) is 5.92 Å². The Morgan fingerprint density at radius 1 is 1.32 bits per heavy atom. The molecule has 1 aromatic heterocycles. The molecule has 0 bridgehead atoms. The first-order chi connectivity index (χ1) is 14.8. The average Bonchev–Trinajstić information content (AvgIpc) is 3.43. The Kier molecular flexibility index (Phi) is 9.29. The number of aromatic nitrogens is 1. The molecule has 1 unspecified atom stereocenters. The summed E-state index contributed by atoms with van der Waals surface area (Å²) >= 11 is 1.51. The molecule has 172 valence electrons. The molecule has 1 amide bonds. The number of rotatable bonds is 6. The molecule has 1 aliphatic rings. The quantitative estimate of drug-likeness (QED) is 0.424. The molecule has 2 aromatic rings. The Balaban J connectivity index is 0.00000166. The van der Waals surface area contributed by atoms with E-state index in [0.717, 1.165) is 54.6 Å². The highest BCUT2D eigenvalue weighted by molar-refractivity contribution is 7.22. The normalized spacial score (nSPS) is 15.5. The lowest BCUT2D eigenvalue weighted by Crippen LogP contribution is -2.37. The van der Waals surface area contributed by atoms with Crippen LogP contribution >= 0.6 is 11.3 Å². The second kappa shape index (κ2) is 11.5. The van der Waals surface area contributed by atoms with E-state index in [1.807, 2.05) is 36.9 Å². The molecular weight excluding hydrogens is 408 g/mol. The van der Waals surface area contributed by atoms with Gasteiger partial charge in [0, 0.05) is 25.7 Å². The lowest BCUT2D eigenvalue weighted by molar-refractivity contribution is 0.0348. The molecule has 1 saturated heterocycles. The maximum absolute atomic E-state index is 12.7. The third-order valence-corrected chi connectivity index (χ3v) is 6.65. The summed E-state index contributed by atoms with van der Waals surface area (Å²) < 4.78 is 7.15. The van der Waals surface area contributed by atoms with Gasteiger partial charge in [-0.15, -0.1) is 0 Å². The molecule has 0 spiro atoms. The van der Waals surface area contributed by atoms with Crippen molar-refractivity contribution in [1.82, 2.24) is 9.88 Å². The Hall–Kier alpha value is -2.15. The van der Waals surface area contributed by atoms with E-state index in [1.54, 1.807) is 7.05 Å². The van der Waals surface area contributed by atoms with E-state index in [1.165, 1.54) is 11.3 Å². The van der Waals surface area contributed by atoms with Crippen LogP contribution in [0.5, 0.6) is 0 Å². The molecule has 0 aliphatic carbocycles. The second-order valence-corrected chi connectivity index (χ2v) is 9.28. The predicted octanol–water partition coefficient (Wildman–Crippen LogP) is 6.19. The molecule has 1 aromatic carbocycles. The Labute approximate surface area is 191 Å². The predicted molar refractivity (Wildman–Crippen MR) is 132 cm³/mol. The van der Waals surface area contributed by atoms with Crippen molar-refractivity contribution < 1.29 is 9.53 Å². The lowest BCUT2D eigenvalue weighted by atomic mass is 9.89. The van der Waals surface area contributed by atoms with E-state index in [9.17, 15) is 4.79 Å². The van der Waals surface area contributed by atoms with Crippen LogP contribution in [0.2, 0.25) is 0 Å². The van der Waals surface area contributed by atoms with Gasteiger partial charge in [0.1, 0.15) is 5.60 Å². The van der Waals surface area contributed by atoms with Crippen LogP contribution < -0.4 is 5.32 Å². The molecule has 2 heterocycles. The highest BCUT2D eigenvalue weighted by Gasteiger charge is 2.29. The molecule has 31 heavy (non-hydrogen) atoms. The number of benzene rings is 1. The van der Waals surface area contributed by atoms with Crippen molar-refractivity contribution in [3.8, 4) is 0 Å². The largest absolute Gasteiger partial charge is 0.459 e. The highest BCUT2D eigenvalue weighted by atomic mass is 32.1. The van der Waals surface area contributed by atoms with Crippen LogP contribution in [0.3, 0.4) is 0 Å². The van der Waals surface area contributed by atoms with Crippen LogP contribution in [0.25, 0.3) is 10.2 Å². The minimum Gasteiger partial charge on any atom is -0.459 e. The fraction of sp³-hybridized carbons (Fsp3) is 0.625. The maximum Gasteiger partial charge on any atom is 0.291 e. The van der Waals surface area contributed by atoms with Gasteiger partial charge in [0.2, 0.25) is 0 Å². The van der Waals surface area contributed by atoms with Crippen molar-refractivity contribution in [2.45, 2.75) is 72.8 Å². The zero-order valence-corrected chi connectivity index (χ0v) is 20.9. The van der Waals surface area contributed by atoms with Gasteiger partial charge < -0.3 is 9.64 Å². The topological polar surface area (TPSA) is 66.8 Å². The van der Waals surface area contributed by atoms with Crippen molar-refractivity contribution in [1.29, 1.82) is 0 Å². The number of fused-ring (bicyclic) bond motifs is 1. The molecular formula is C24H38N4O2S. The van der Waals surface area contributed by atoms with Gasteiger partial charge in [-0.1, -0.05) is 45.5 Å². The number of amidine groups is 1. The van der Waals surface area contributed by atoms with Gasteiger partial charge in [-0.2, -0.15) is 0 Å². The van der Waals surface area contributed by atoms with E-state index in [-0.39, 0.29) is 11.5 Å². The number of nitrogens with zero attached hydrogens (tertiary/aromatic N) is 3. The number of amides is 1. The standard InChI is InChI=1S/C22H32N4O2S.C2H6/c1-6-9-15(2)22(3,4)28-20(23-5)25-21-24-17-11-10-16(14-18(17)29-21)19(27)26-12-7-8-13-26;1-2/h10-11,14-15H,6-9,12-13H2,1-5H3,(H,23,24,25);1-2H3. The van der Waals surface area contributed by atoms with Crippen LogP contribution in [0.1, 0.15) is 77.6 Å². The average molecular weight is 447 g/mol. The SMILES string of the molecule is CC.CCCC(C)C(C)(C)OC(=NC)Nc1nc2ccc(C(=O)N3CCCC3)cc2s1. The molecule has 1 N–H and O–H groups in total. The maximum atomic E-state index is 12.7. The summed E-state index contributed by atoms with van der Waals surface area (Å²) in [6, 6.07) is 6.19. The third-order valence-electron chi connectivity index (χ3n) is 5.71. The minimum absolute atomic E-state index is 0.109. The van der Waals surface area contributed by atoms with Crippen LogP contribution in [-0.2, 0) is 4.74 Å². The van der Waals surface area contributed by atoms with Gasteiger partial charge in [-0.3, -0.25) is 10.1 Å². The number of aliphatic imine (C=N–C) groups is 1. The molecule has 0 radical (unpaired) electrons. The first-order valence-corrected chi connectivity index (χ1v) is 12.3. The summed E-state index contributed by atoms with van der Waals surface area (Å²) in [4.78, 5) is 23.5. The summed E-state index contributed by atoms with van der Waals surface area (Å²) in [6.45, 7) is 14.3. The number of ether oxygens (including phenoxy) is 1. The zero-order valence-electron chi connectivity index (χ0n) is 20.1. The zero-order chi connectivity index (χ0) is 23.0. The molecule has 1 aliphatic heterocycles. The van der Waals surface area contributed by atoms with E-state index in [2.05, 4.69) is 43.0 Å². The van der Waals surface area contributed by atoms with Crippen molar-refractivity contribution >= 4 is 38.6 Å². The number of hydrogen-bond acceptors (Lipinski definition) is 5. The molecule has 7 heteroatoms. The molecule has 0 saturated carbocycles. The summed E-state index contributed by atoms with van der Waals surface area (Å²) in [5.74, 6) is 0.513. The Bertz CT molecular complexity index is 885. The van der Waals surface area contributed by atoms with E-state index < -0.39 is 0 Å². The van der Waals surface area contributed by atoms with Gasteiger partial charge in [-0.25, -0.2) is 9.98 Å². The number of anilines is 1. The van der Waals surface area contributed by atoms with Gasteiger partial charge in [0.15, 0.2) is 5.13 Å².